The van der Waals surface area contributed by atoms with E-state index >= 15 is 0 Å². The van der Waals surface area contributed by atoms with Crippen molar-refractivity contribution in [1.29, 1.82) is 0 Å². The second-order valence-electron chi connectivity index (χ2n) is 5.50. The first kappa shape index (κ1) is 13.5. The summed E-state index contributed by atoms with van der Waals surface area (Å²) in [4.78, 5) is 8.43. The van der Waals surface area contributed by atoms with Crippen LogP contribution in [0.1, 0.15) is 25.8 Å². The van der Waals surface area contributed by atoms with Crippen molar-refractivity contribution in [2.24, 2.45) is 5.92 Å². The van der Waals surface area contributed by atoms with Gasteiger partial charge in [-0.1, -0.05) is 6.92 Å². The lowest BCUT2D eigenvalue weighted by molar-refractivity contribution is -0.0713. The Morgan fingerprint density at radius 3 is 2.80 bits per heavy atom. The molecule has 1 fully saturated rings. The molecule has 1 aliphatic rings. The van der Waals surface area contributed by atoms with E-state index in [0.717, 1.165) is 16.7 Å². The predicted molar refractivity (Wildman–Crippen MR) is 73.0 cm³/mol. The van der Waals surface area contributed by atoms with Gasteiger partial charge in [0.05, 0.1) is 17.9 Å². The highest BCUT2D eigenvalue weighted by Crippen LogP contribution is 2.36. The van der Waals surface area contributed by atoms with E-state index in [1.165, 1.54) is 6.33 Å². The number of aliphatic hydroxyl groups is 2. The van der Waals surface area contributed by atoms with Crippen LogP contribution in [0, 0.1) is 12.8 Å². The van der Waals surface area contributed by atoms with Crippen molar-refractivity contribution in [2.75, 3.05) is 0 Å². The van der Waals surface area contributed by atoms with Crippen molar-refractivity contribution in [3.05, 3.63) is 24.3 Å². The largest absolute Gasteiger partial charge is 0.391 e. The molecule has 2 aromatic heterocycles. The zero-order chi connectivity index (χ0) is 14.4. The van der Waals surface area contributed by atoms with Gasteiger partial charge in [0.1, 0.15) is 18.1 Å². The molecular weight excluding hydrogens is 258 g/mol. The van der Waals surface area contributed by atoms with Gasteiger partial charge in [0.2, 0.25) is 0 Å². The molecule has 6 nitrogen and oxygen atoms in total. The number of aliphatic hydroxyl groups excluding tert-OH is 2. The van der Waals surface area contributed by atoms with Crippen LogP contribution in [0.25, 0.3) is 11.0 Å². The van der Waals surface area contributed by atoms with Gasteiger partial charge in [0, 0.05) is 17.5 Å². The summed E-state index contributed by atoms with van der Waals surface area (Å²) in [6.07, 6.45) is 1.14. The van der Waals surface area contributed by atoms with Gasteiger partial charge in [-0.05, 0) is 19.9 Å². The molecule has 0 bridgehead atoms. The smallest absolute Gasteiger partial charge is 0.162 e. The molecule has 0 spiro atoms. The molecule has 20 heavy (non-hydrogen) atoms. The molecule has 0 amide bonds. The van der Waals surface area contributed by atoms with E-state index in [-0.39, 0.29) is 12.0 Å². The van der Waals surface area contributed by atoms with Gasteiger partial charge in [-0.3, -0.25) is 0 Å². The Balaban J connectivity index is 2.02. The topological polar surface area (TPSA) is 80.4 Å². The van der Waals surface area contributed by atoms with Crippen molar-refractivity contribution in [3.63, 3.8) is 0 Å². The lowest BCUT2D eigenvalue weighted by Crippen LogP contribution is -2.30. The average Bonchev–Trinajstić information content (AvgIpc) is 2.94. The first-order chi connectivity index (χ1) is 9.50. The molecule has 0 radical (unpaired) electrons. The maximum absolute atomic E-state index is 10.4. The summed E-state index contributed by atoms with van der Waals surface area (Å²) in [5.74, 6) is -0.139. The minimum Gasteiger partial charge on any atom is -0.391 e. The molecule has 3 heterocycles. The summed E-state index contributed by atoms with van der Waals surface area (Å²) < 4.78 is 7.66. The number of nitrogens with zero attached hydrogens (tertiary/aromatic N) is 3. The molecule has 1 aliphatic heterocycles. The molecule has 0 aromatic carbocycles. The van der Waals surface area contributed by atoms with Crippen LogP contribution in [0.15, 0.2) is 18.6 Å². The zero-order valence-corrected chi connectivity index (χ0v) is 11.8. The van der Waals surface area contributed by atoms with E-state index in [4.69, 9.17) is 4.74 Å². The van der Waals surface area contributed by atoms with Crippen LogP contribution in [-0.4, -0.2) is 43.1 Å². The first-order valence-electron chi connectivity index (χ1n) is 6.80. The number of rotatable bonds is 2. The summed E-state index contributed by atoms with van der Waals surface area (Å²) in [7, 11) is 0. The van der Waals surface area contributed by atoms with Crippen molar-refractivity contribution >= 4 is 11.0 Å². The molecule has 2 aromatic rings. The summed E-state index contributed by atoms with van der Waals surface area (Å²) in [5.41, 5.74) is 1.63. The summed E-state index contributed by atoms with van der Waals surface area (Å²) >= 11 is 0. The normalized spacial score (nSPS) is 31.9. The van der Waals surface area contributed by atoms with Crippen LogP contribution in [0.2, 0.25) is 0 Å². The molecule has 1 saturated heterocycles. The molecule has 2 N–H and O–H groups in total. The van der Waals surface area contributed by atoms with Gasteiger partial charge < -0.3 is 19.5 Å². The number of fused-ring (bicyclic) bond motifs is 1. The van der Waals surface area contributed by atoms with Gasteiger partial charge in [0.15, 0.2) is 6.23 Å². The Kier molecular flexibility index (Phi) is 3.24. The molecule has 5 unspecified atom stereocenters. The number of hydrogen-bond donors (Lipinski definition) is 2. The molecule has 108 valence electrons. The maximum atomic E-state index is 10.4. The summed E-state index contributed by atoms with van der Waals surface area (Å²) in [5, 5.41) is 21.1. The van der Waals surface area contributed by atoms with Crippen molar-refractivity contribution in [3.8, 4) is 0 Å². The van der Waals surface area contributed by atoms with Crippen molar-refractivity contribution < 1.29 is 14.9 Å². The number of aryl methyl sites for hydroxylation is 1. The molecule has 5 atom stereocenters. The van der Waals surface area contributed by atoms with Crippen LogP contribution < -0.4 is 0 Å². The van der Waals surface area contributed by atoms with Crippen LogP contribution >= 0.6 is 0 Å². The minimum absolute atomic E-state index is 0.139. The monoisotopic (exact) mass is 277 g/mol. The Morgan fingerprint density at radius 2 is 2.15 bits per heavy atom. The lowest BCUT2D eigenvalue weighted by Gasteiger charge is -2.18. The Labute approximate surface area is 117 Å². The SMILES string of the molecule is Cc1ncnc2c1ccn2C1OC(C(C)O)C(C)C1O. The Hall–Kier alpha value is -1.50. The number of ether oxygens (including phenoxy) is 1. The molecular formula is C14H19N3O3. The average molecular weight is 277 g/mol. The van der Waals surface area contributed by atoms with E-state index in [9.17, 15) is 10.2 Å². The predicted octanol–water partition coefficient (Wildman–Crippen LogP) is 1.01. The fourth-order valence-corrected chi connectivity index (χ4v) is 2.91. The quantitative estimate of drug-likeness (QED) is 0.856. The molecule has 0 aliphatic carbocycles. The minimum atomic E-state index is -0.680. The van der Waals surface area contributed by atoms with E-state index < -0.39 is 18.4 Å². The van der Waals surface area contributed by atoms with Crippen LogP contribution in [-0.2, 0) is 4.74 Å². The highest BCUT2D eigenvalue weighted by Gasteiger charge is 2.44. The van der Waals surface area contributed by atoms with Crippen molar-refractivity contribution in [2.45, 2.75) is 45.3 Å². The molecule has 3 rings (SSSR count). The van der Waals surface area contributed by atoms with E-state index in [2.05, 4.69) is 9.97 Å². The van der Waals surface area contributed by atoms with E-state index in [0.29, 0.717) is 0 Å². The summed E-state index contributed by atoms with van der Waals surface area (Å²) in [6.45, 7) is 5.48. The van der Waals surface area contributed by atoms with Crippen LogP contribution in [0.5, 0.6) is 0 Å². The Morgan fingerprint density at radius 1 is 1.40 bits per heavy atom. The fourth-order valence-electron chi connectivity index (χ4n) is 2.91. The van der Waals surface area contributed by atoms with Crippen LogP contribution in [0.3, 0.4) is 0 Å². The van der Waals surface area contributed by atoms with Gasteiger partial charge in [-0.15, -0.1) is 0 Å². The molecule has 0 saturated carbocycles. The highest BCUT2D eigenvalue weighted by molar-refractivity contribution is 5.78. The second-order valence-corrected chi connectivity index (χ2v) is 5.50. The summed E-state index contributed by atoms with van der Waals surface area (Å²) in [6, 6.07) is 1.92. The standard InChI is InChI=1S/C14H19N3O3/c1-7-11(19)14(20-12(7)9(3)18)17-5-4-10-8(2)15-6-16-13(10)17/h4-7,9,11-12,14,18-19H,1-3H3. The number of hydrogen-bond acceptors (Lipinski definition) is 5. The third-order valence-corrected chi connectivity index (χ3v) is 4.10. The van der Waals surface area contributed by atoms with Gasteiger partial charge >= 0.3 is 0 Å². The third-order valence-electron chi connectivity index (χ3n) is 4.10. The van der Waals surface area contributed by atoms with Crippen molar-refractivity contribution in [1.82, 2.24) is 14.5 Å². The van der Waals surface area contributed by atoms with E-state index in [1.54, 1.807) is 6.92 Å². The third kappa shape index (κ3) is 1.91. The molecule has 6 heteroatoms. The second kappa shape index (κ2) is 4.80. The number of aromatic nitrogens is 3. The van der Waals surface area contributed by atoms with Gasteiger partial charge in [0.25, 0.3) is 0 Å². The Bertz CT molecular complexity index is 625. The van der Waals surface area contributed by atoms with Gasteiger partial charge in [-0.25, -0.2) is 9.97 Å². The van der Waals surface area contributed by atoms with Gasteiger partial charge in [-0.2, -0.15) is 0 Å². The zero-order valence-electron chi connectivity index (χ0n) is 11.8. The highest BCUT2D eigenvalue weighted by atomic mass is 16.5. The van der Waals surface area contributed by atoms with E-state index in [1.807, 2.05) is 30.7 Å². The maximum Gasteiger partial charge on any atom is 0.162 e. The first-order valence-corrected chi connectivity index (χ1v) is 6.80. The lowest BCUT2D eigenvalue weighted by atomic mass is 9.97. The fraction of sp³-hybridized carbons (Fsp3) is 0.571. The van der Waals surface area contributed by atoms with Crippen LogP contribution in [0.4, 0.5) is 0 Å².